The molecule has 0 unspecified atom stereocenters. The fourth-order valence-corrected chi connectivity index (χ4v) is 4.65. The number of ether oxygens (including phenoxy) is 1. The van der Waals surface area contributed by atoms with Crippen molar-refractivity contribution >= 4 is 16.9 Å². The number of fused-ring (bicyclic) bond motifs is 1. The van der Waals surface area contributed by atoms with Crippen LogP contribution in [0.4, 0.5) is 4.39 Å². The molecule has 0 bridgehead atoms. The van der Waals surface area contributed by atoms with Crippen LogP contribution in [0.15, 0.2) is 72.8 Å². The second kappa shape index (κ2) is 9.67. The third kappa shape index (κ3) is 4.40. The van der Waals surface area contributed by atoms with Gasteiger partial charge in [0, 0.05) is 30.3 Å². The average molecular weight is 458 g/mol. The number of imidazole rings is 1. The van der Waals surface area contributed by atoms with Gasteiger partial charge in [-0.25, -0.2) is 9.37 Å². The van der Waals surface area contributed by atoms with Crippen molar-refractivity contribution in [3.8, 4) is 17.1 Å². The second-order valence-corrected chi connectivity index (χ2v) is 8.70. The number of halogens is 1. The molecule has 0 radical (unpaired) electrons. The Labute approximate surface area is 198 Å². The zero-order valence-corrected chi connectivity index (χ0v) is 19.3. The van der Waals surface area contributed by atoms with Crippen LogP contribution in [0.1, 0.15) is 42.6 Å². The molecule has 1 amide bonds. The summed E-state index contributed by atoms with van der Waals surface area (Å²) >= 11 is 0. The number of rotatable bonds is 6. The van der Waals surface area contributed by atoms with Gasteiger partial charge in [-0.3, -0.25) is 4.79 Å². The first kappa shape index (κ1) is 22.1. The monoisotopic (exact) mass is 457 g/mol. The summed E-state index contributed by atoms with van der Waals surface area (Å²) in [6.45, 7) is 4.01. The van der Waals surface area contributed by atoms with E-state index in [0.717, 1.165) is 47.4 Å². The Hall–Kier alpha value is -3.67. The van der Waals surface area contributed by atoms with Crippen LogP contribution in [0.3, 0.4) is 0 Å². The summed E-state index contributed by atoms with van der Waals surface area (Å²) in [5.74, 6) is 1.39. The van der Waals surface area contributed by atoms with E-state index in [2.05, 4.69) is 11.5 Å². The normalized spacial score (nSPS) is 14.5. The second-order valence-electron chi connectivity index (χ2n) is 8.70. The fraction of sp³-hybridized carbons (Fsp3) is 0.286. The Morgan fingerprint density at radius 2 is 1.76 bits per heavy atom. The number of aromatic nitrogens is 2. The quantitative estimate of drug-likeness (QED) is 0.351. The molecule has 2 heterocycles. The molecule has 0 saturated carbocycles. The van der Waals surface area contributed by atoms with Crippen LogP contribution in [0.25, 0.3) is 22.4 Å². The van der Waals surface area contributed by atoms with Gasteiger partial charge in [-0.1, -0.05) is 37.3 Å². The number of piperidine rings is 1. The van der Waals surface area contributed by atoms with Crippen LogP contribution in [0.5, 0.6) is 5.75 Å². The van der Waals surface area contributed by atoms with Crippen LogP contribution in [-0.4, -0.2) is 40.1 Å². The molecular weight excluding hydrogens is 429 g/mol. The summed E-state index contributed by atoms with van der Waals surface area (Å²) in [6, 6.07) is 22.3. The van der Waals surface area contributed by atoms with Crippen LogP contribution in [0, 0.1) is 5.82 Å². The van der Waals surface area contributed by atoms with Crippen molar-refractivity contribution in [3.63, 3.8) is 0 Å². The number of hydrogen-bond acceptors (Lipinski definition) is 3. The van der Waals surface area contributed by atoms with Crippen molar-refractivity contribution in [2.75, 3.05) is 19.7 Å². The molecule has 5 rings (SSSR count). The number of nitrogens with zero attached hydrogens (tertiary/aromatic N) is 3. The van der Waals surface area contributed by atoms with E-state index in [0.29, 0.717) is 25.3 Å². The van der Waals surface area contributed by atoms with Gasteiger partial charge < -0.3 is 14.2 Å². The van der Waals surface area contributed by atoms with Crippen molar-refractivity contribution < 1.29 is 13.9 Å². The van der Waals surface area contributed by atoms with Gasteiger partial charge in [-0.05, 0) is 61.7 Å². The van der Waals surface area contributed by atoms with E-state index < -0.39 is 0 Å². The van der Waals surface area contributed by atoms with Gasteiger partial charge in [-0.2, -0.15) is 0 Å². The zero-order chi connectivity index (χ0) is 23.5. The molecule has 0 aliphatic carbocycles. The molecule has 5 nitrogen and oxygen atoms in total. The van der Waals surface area contributed by atoms with E-state index in [1.54, 1.807) is 12.1 Å². The minimum Gasteiger partial charge on any atom is -0.494 e. The molecule has 4 aromatic rings. The fourth-order valence-electron chi connectivity index (χ4n) is 4.65. The lowest BCUT2D eigenvalue weighted by Crippen LogP contribution is -2.39. The minimum atomic E-state index is -0.271. The maximum absolute atomic E-state index is 14.1. The summed E-state index contributed by atoms with van der Waals surface area (Å²) in [6.07, 6.45) is 2.51. The molecule has 34 heavy (non-hydrogen) atoms. The highest BCUT2D eigenvalue weighted by Crippen LogP contribution is 2.34. The van der Waals surface area contributed by atoms with Gasteiger partial charge in [-0.15, -0.1) is 0 Å². The standard InChI is InChI=1S/C28H28FN3O2/c1-2-18-34-24-11-8-21(9-12-24)28(33)31-16-14-23(15-17-31)32-26-19-22(29)10-13-25(26)30-27(32)20-6-4-3-5-7-20/h3-13,19,23H,2,14-18H2,1H3. The number of carbonyl (C=O) groups excluding carboxylic acids is 1. The molecule has 1 aromatic heterocycles. The Kier molecular flexibility index (Phi) is 6.30. The Morgan fingerprint density at radius 3 is 2.47 bits per heavy atom. The lowest BCUT2D eigenvalue weighted by molar-refractivity contribution is 0.0696. The first-order chi connectivity index (χ1) is 16.6. The van der Waals surface area contributed by atoms with Gasteiger partial charge in [0.05, 0.1) is 17.6 Å². The summed E-state index contributed by atoms with van der Waals surface area (Å²) < 4.78 is 21.9. The highest BCUT2D eigenvalue weighted by atomic mass is 19.1. The van der Waals surface area contributed by atoms with Crippen molar-refractivity contribution in [1.29, 1.82) is 0 Å². The molecule has 1 fully saturated rings. The first-order valence-corrected chi connectivity index (χ1v) is 11.9. The molecule has 1 aliphatic heterocycles. The molecule has 0 atom stereocenters. The highest BCUT2D eigenvalue weighted by Gasteiger charge is 2.28. The number of hydrogen-bond donors (Lipinski definition) is 0. The van der Waals surface area contributed by atoms with Crippen LogP contribution in [-0.2, 0) is 0 Å². The molecular formula is C28H28FN3O2. The van der Waals surface area contributed by atoms with E-state index in [4.69, 9.17) is 9.72 Å². The topological polar surface area (TPSA) is 47.4 Å². The minimum absolute atomic E-state index is 0.0327. The Balaban J connectivity index is 1.36. The predicted molar refractivity (Wildman–Crippen MR) is 132 cm³/mol. The number of likely N-dealkylation sites (tertiary alicyclic amines) is 1. The molecule has 3 aromatic carbocycles. The number of amides is 1. The number of benzene rings is 3. The maximum Gasteiger partial charge on any atom is 0.253 e. The lowest BCUT2D eigenvalue weighted by atomic mass is 10.0. The maximum atomic E-state index is 14.1. The van der Waals surface area contributed by atoms with Crippen LogP contribution < -0.4 is 4.74 Å². The lowest BCUT2D eigenvalue weighted by Gasteiger charge is -2.33. The summed E-state index contributed by atoms with van der Waals surface area (Å²) in [5, 5.41) is 0. The van der Waals surface area contributed by atoms with Crippen molar-refractivity contribution in [3.05, 3.63) is 84.2 Å². The van der Waals surface area contributed by atoms with Crippen molar-refractivity contribution in [2.45, 2.75) is 32.2 Å². The first-order valence-electron chi connectivity index (χ1n) is 11.9. The summed E-state index contributed by atoms with van der Waals surface area (Å²) in [4.78, 5) is 19.8. The largest absolute Gasteiger partial charge is 0.494 e. The van der Waals surface area contributed by atoms with E-state index in [-0.39, 0.29) is 17.8 Å². The summed E-state index contributed by atoms with van der Waals surface area (Å²) in [5.41, 5.74) is 3.25. The van der Waals surface area contributed by atoms with Crippen LogP contribution >= 0.6 is 0 Å². The summed E-state index contributed by atoms with van der Waals surface area (Å²) in [7, 11) is 0. The van der Waals surface area contributed by atoms with Gasteiger partial charge in [0.1, 0.15) is 17.4 Å². The van der Waals surface area contributed by atoms with Gasteiger partial charge >= 0.3 is 0 Å². The number of carbonyl (C=O) groups is 1. The zero-order valence-electron chi connectivity index (χ0n) is 19.3. The Morgan fingerprint density at radius 1 is 1.03 bits per heavy atom. The van der Waals surface area contributed by atoms with E-state index in [9.17, 15) is 9.18 Å². The highest BCUT2D eigenvalue weighted by molar-refractivity contribution is 5.94. The van der Waals surface area contributed by atoms with E-state index in [1.807, 2.05) is 59.5 Å². The molecule has 1 aliphatic rings. The van der Waals surface area contributed by atoms with Gasteiger partial charge in [0.2, 0.25) is 0 Å². The van der Waals surface area contributed by atoms with Gasteiger partial charge in [0.15, 0.2) is 0 Å². The molecule has 6 heteroatoms. The third-order valence-corrected chi connectivity index (χ3v) is 6.37. The molecule has 174 valence electrons. The van der Waals surface area contributed by atoms with Crippen LogP contribution in [0.2, 0.25) is 0 Å². The smallest absolute Gasteiger partial charge is 0.253 e. The van der Waals surface area contributed by atoms with E-state index >= 15 is 0 Å². The van der Waals surface area contributed by atoms with E-state index in [1.165, 1.54) is 6.07 Å². The SMILES string of the molecule is CCCOc1ccc(C(=O)N2CCC(n3c(-c4ccccc4)nc4ccc(F)cc43)CC2)cc1. The predicted octanol–water partition coefficient (Wildman–Crippen LogP) is 6.11. The van der Waals surface area contributed by atoms with Crippen molar-refractivity contribution in [2.24, 2.45) is 0 Å². The third-order valence-electron chi connectivity index (χ3n) is 6.37. The molecule has 0 spiro atoms. The van der Waals surface area contributed by atoms with Crippen molar-refractivity contribution in [1.82, 2.24) is 14.5 Å². The average Bonchev–Trinajstić information content (AvgIpc) is 3.26. The Bertz CT molecular complexity index is 1280. The molecule has 0 N–H and O–H groups in total. The molecule has 1 saturated heterocycles. The van der Waals surface area contributed by atoms with Gasteiger partial charge in [0.25, 0.3) is 5.91 Å².